The zero-order valence-corrected chi connectivity index (χ0v) is 31.1. The predicted octanol–water partition coefficient (Wildman–Crippen LogP) is 10.5. The van der Waals surface area contributed by atoms with Crippen LogP contribution in [0, 0.1) is 27.7 Å². The van der Waals surface area contributed by atoms with Crippen molar-refractivity contribution in [3.63, 3.8) is 0 Å². The van der Waals surface area contributed by atoms with Crippen molar-refractivity contribution < 1.29 is 37.3 Å². The molecule has 0 radical (unpaired) electrons. The number of hydrogen-bond donors (Lipinski definition) is 0. The van der Waals surface area contributed by atoms with Crippen molar-refractivity contribution in [1.29, 1.82) is 0 Å². The minimum Gasteiger partial charge on any atom is -0.491 e. The molecule has 6 aromatic rings. The van der Waals surface area contributed by atoms with Crippen molar-refractivity contribution in [3.05, 3.63) is 155 Å². The lowest BCUT2D eigenvalue weighted by atomic mass is 10.1. The van der Waals surface area contributed by atoms with Gasteiger partial charge in [0.25, 0.3) is 0 Å². The second-order valence-electron chi connectivity index (χ2n) is 14.4. The quantitative estimate of drug-likeness (QED) is 0.116. The molecule has 0 saturated carbocycles. The molecule has 0 spiro atoms. The van der Waals surface area contributed by atoms with Gasteiger partial charge in [-0.15, -0.1) is 0 Å². The Kier molecular flexibility index (Phi) is 10.5. The third-order valence-corrected chi connectivity index (χ3v) is 10.0. The Morgan fingerprint density at radius 1 is 0.426 bits per heavy atom. The van der Waals surface area contributed by atoms with Gasteiger partial charge in [-0.25, -0.2) is 0 Å². The first-order chi connectivity index (χ1) is 26.3. The maximum atomic E-state index is 6.56. The van der Waals surface area contributed by atoms with Crippen molar-refractivity contribution >= 4 is 0 Å². The van der Waals surface area contributed by atoms with Crippen LogP contribution in [0.4, 0.5) is 0 Å². The number of rotatable bonds is 13. The number of furan rings is 2. The molecule has 8 nitrogen and oxygen atoms in total. The average Bonchev–Trinajstić information content (AvgIpc) is 4.00. The molecule has 2 saturated heterocycles. The Labute approximate surface area is 316 Å². The minimum atomic E-state index is -0.317. The summed E-state index contributed by atoms with van der Waals surface area (Å²) >= 11 is 0. The van der Waals surface area contributed by atoms with Gasteiger partial charge in [0, 0.05) is 12.8 Å². The summed E-state index contributed by atoms with van der Waals surface area (Å²) in [5.74, 6) is 5.80. The van der Waals surface area contributed by atoms with E-state index < -0.39 is 0 Å². The molecular weight excluding hydrogens is 680 g/mol. The Morgan fingerprint density at radius 2 is 0.759 bits per heavy atom. The molecule has 0 aliphatic carbocycles. The van der Waals surface area contributed by atoms with Crippen molar-refractivity contribution in [2.45, 2.75) is 77.2 Å². The summed E-state index contributed by atoms with van der Waals surface area (Å²) in [7, 11) is 0. The Morgan fingerprint density at radius 3 is 1.11 bits per heavy atom. The van der Waals surface area contributed by atoms with Crippen LogP contribution < -0.4 is 18.9 Å². The zero-order valence-electron chi connectivity index (χ0n) is 31.1. The van der Waals surface area contributed by atoms with E-state index in [1.165, 1.54) is 22.3 Å². The van der Waals surface area contributed by atoms with Crippen molar-refractivity contribution in [2.75, 3.05) is 13.2 Å². The van der Waals surface area contributed by atoms with E-state index in [1.54, 1.807) is 0 Å². The molecule has 278 valence electrons. The molecule has 4 aromatic carbocycles. The summed E-state index contributed by atoms with van der Waals surface area (Å²) in [5, 5.41) is 0. The second-order valence-corrected chi connectivity index (χ2v) is 14.4. The summed E-state index contributed by atoms with van der Waals surface area (Å²) in [6, 6.07) is 39.9. The van der Waals surface area contributed by atoms with E-state index in [9.17, 15) is 0 Å². The van der Waals surface area contributed by atoms with Gasteiger partial charge in [0.1, 0.15) is 84.4 Å². The maximum absolute atomic E-state index is 6.56. The third kappa shape index (κ3) is 8.51. The molecule has 54 heavy (non-hydrogen) atoms. The molecule has 0 bridgehead atoms. The van der Waals surface area contributed by atoms with Crippen LogP contribution in [0.15, 0.2) is 130 Å². The fourth-order valence-electron chi connectivity index (χ4n) is 6.87. The first-order valence-corrected chi connectivity index (χ1v) is 18.7. The molecule has 0 amide bonds. The molecule has 0 N–H and O–H groups in total. The van der Waals surface area contributed by atoms with Crippen LogP contribution in [0.25, 0.3) is 11.5 Å². The van der Waals surface area contributed by atoms with Crippen LogP contribution in [0.1, 0.15) is 58.8 Å². The summed E-state index contributed by atoms with van der Waals surface area (Å²) in [5.41, 5.74) is 4.70. The lowest BCUT2D eigenvalue weighted by Crippen LogP contribution is -2.32. The summed E-state index contributed by atoms with van der Waals surface area (Å²) < 4.78 is 51.1. The van der Waals surface area contributed by atoms with Crippen molar-refractivity contribution in [1.82, 2.24) is 0 Å². The maximum Gasteiger partial charge on any atom is 0.169 e. The van der Waals surface area contributed by atoms with Crippen LogP contribution in [0.2, 0.25) is 0 Å². The highest BCUT2D eigenvalue weighted by Crippen LogP contribution is 2.41. The Balaban J connectivity index is 0.951. The van der Waals surface area contributed by atoms with E-state index in [4.69, 9.17) is 37.3 Å². The number of hydrogen-bond acceptors (Lipinski definition) is 8. The van der Waals surface area contributed by atoms with E-state index in [0.29, 0.717) is 49.1 Å². The molecular formula is C46H46O8. The number of ether oxygens (including phenoxy) is 6. The molecule has 2 fully saturated rings. The Hall–Kier alpha value is -5.44. The van der Waals surface area contributed by atoms with E-state index in [0.717, 1.165) is 23.0 Å². The van der Waals surface area contributed by atoms with E-state index >= 15 is 0 Å². The van der Waals surface area contributed by atoms with E-state index in [2.05, 4.69) is 27.7 Å². The smallest absolute Gasteiger partial charge is 0.169 e. The molecule has 2 aliphatic heterocycles. The molecule has 2 aromatic heterocycles. The Bertz CT molecular complexity index is 1940. The number of aryl methyl sites for hydroxylation is 4. The van der Waals surface area contributed by atoms with Crippen molar-refractivity contribution in [3.8, 4) is 34.5 Å². The SMILES string of the molecule is Cc1ccc(OC[C@H]2O[C@@H](c3ccc(-c4ccc([C@H]5C[C@H](Oc6ccc(C)cc6)[C@@H](COc6ccc(C)cc6)O5)o4)o3)C[C@@H]2Oc2ccc(C)cc2)cc1. The zero-order chi connectivity index (χ0) is 37.0. The molecule has 4 heterocycles. The predicted molar refractivity (Wildman–Crippen MR) is 205 cm³/mol. The van der Waals surface area contributed by atoms with Gasteiger partial charge in [-0.3, -0.25) is 0 Å². The lowest BCUT2D eigenvalue weighted by molar-refractivity contribution is -0.0171. The van der Waals surface area contributed by atoms with Gasteiger partial charge in [0.2, 0.25) is 0 Å². The van der Waals surface area contributed by atoms with Crippen LogP contribution in [-0.4, -0.2) is 37.6 Å². The fourth-order valence-corrected chi connectivity index (χ4v) is 6.87. The van der Waals surface area contributed by atoms with Crippen LogP contribution in [0.3, 0.4) is 0 Å². The van der Waals surface area contributed by atoms with Gasteiger partial charge >= 0.3 is 0 Å². The standard InChI is InChI=1S/C46H46O8/c1-29-5-13-33(14-6-29)47-27-45-43(49-35-17-9-31(3)10-18-35)25-41(53-45)39-23-21-37(51-39)38-22-24-40(52-38)42-26-44(50-36-19-11-32(4)12-20-36)46(54-42)28-48-34-15-7-30(2)8-16-34/h5-24,41-46H,25-28H2,1-4H3/t41-,42-,43+,44+,45-,46-/m1/s1. The first-order valence-electron chi connectivity index (χ1n) is 18.7. The summed E-state index contributed by atoms with van der Waals surface area (Å²) in [6.45, 7) is 8.93. The highest BCUT2D eigenvalue weighted by atomic mass is 16.6. The normalized spacial score (nSPS) is 22.3. The van der Waals surface area contributed by atoms with Gasteiger partial charge < -0.3 is 37.3 Å². The van der Waals surface area contributed by atoms with Crippen molar-refractivity contribution in [2.24, 2.45) is 0 Å². The third-order valence-electron chi connectivity index (χ3n) is 10.0. The van der Waals surface area contributed by atoms with E-state index in [-0.39, 0.29) is 36.6 Å². The lowest BCUT2D eigenvalue weighted by Gasteiger charge is -2.20. The largest absolute Gasteiger partial charge is 0.491 e. The molecule has 6 atom stereocenters. The van der Waals surface area contributed by atoms with E-state index in [1.807, 2.05) is 121 Å². The van der Waals surface area contributed by atoms with Gasteiger partial charge in [-0.05, 0) is 100 Å². The average molecular weight is 727 g/mol. The first kappa shape index (κ1) is 35.6. The molecule has 2 aliphatic rings. The topological polar surface area (TPSA) is 81.7 Å². The second kappa shape index (κ2) is 15.9. The van der Waals surface area contributed by atoms with Crippen LogP contribution >= 0.6 is 0 Å². The van der Waals surface area contributed by atoms with Gasteiger partial charge in [-0.1, -0.05) is 70.8 Å². The summed E-state index contributed by atoms with van der Waals surface area (Å²) in [4.78, 5) is 0. The van der Waals surface area contributed by atoms with Crippen LogP contribution in [0.5, 0.6) is 23.0 Å². The van der Waals surface area contributed by atoms with Gasteiger partial charge in [-0.2, -0.15) is 0 Å². The monoisotopic (exact) mass is 726 g/mol. The van der Waals surface area contributed by atoms with Crippen LogP contribution in [-0.2, 0) is 9.47 Å². The highest BCUT2D eigenvalue weighted by Gasteiger charge is 2.41. The van der Waals surface area contributed by atoms with Gasteiger partial charge in [0.05, 0.1) is 0 Å². The molecule has 8 rings (SSSR count). The fraction of sp³-hybridized carbons (Fsp3) is 0.304. The molecule has 8 heteroatoms. The minimum absolute atomic E-state index is 0.232. The van der Waals surface area contributed by atoms with Gasteiger partial charge in [0.15, 0.2) is 11.5 Å². The highest BCUT2D eigenvalue weighted by molar-refractivity contribution is 5.51. The molecule has 0 unspecified atom stereocenters. The number of benzene rings is 4. The summed E-state index contributed by atoms with van der Waals surface area (Å²) in [6.07, 6.45) is -0.496.